The van der Waals surface area contributed by atoms with Crippen molar-refractivity contribution >= 4 is 23.3 Å². The number of carbonyl (C=O) groups excluding carboxylic acids is 2. The van der Waals surface area contributed by atoms with Crippen LogP contribution in [-0.4, -0.2) is 65.4 Å². The summed E-state index contributed by atoms with van der Waals surface area (Å²) in [6.07, 6.45) is 4.25. The highest BCUT2D eigenvalue weighted by atomic mass is 16.6. The maximum Gasteiger partial charge on any atom is 0.333 e. The minimum Gasteiger partial charge on any atom is -0.497 e. The highest BCUT2D eigenvalue weighted by Gasteiger charge is 2.35. The van der Waals surface area contributed by atoms with Gasteiger partial charge in [-0.05, 0) is 87.1 Å². The average Bonchev–Trinajstić information content (AvgIpc) is 3.90. The molecule has 0 aliphatic carbocycles. The third-order valence-corrected chi connectivity index (χ3v) is 10.5. The molecule has 2 N–H and O–H groups in total. The van der Waals surface area contributed by atoms with Crippen molar-refractivity contribution in [2.45, 2.75) is 38.1 Å². The van der Waals surface area contributed by atoms with Crippen LogP contribution in [0.1, 0.15) is 37.8 Å². The zero-order valence-electron chi connectivity index (χ0n) is 31.7. The maximum absolute atomic E-state index is 13.5. The molecule has 284 valence electrons. The van der Waals surface area contributed by atoms with Crippen molar-refractivity contribution in [3.63, 3.8) is 0 Å². The van der Waals surface area contributed by atoms with E-state index in [1.165, 1.54) is 11.4 Å². The number of para-hydroxylation sites is 2. The van der Waals surface area contributed by atoms with Crippen molar-refractivity contribution in [3.05, 3.63) is 132 Å². The normalized spacial score (nSPS) is 19.3. The van der Waals surface area contributed by atoms with Crippen molar-refractivity contribution < 1.29 is 28.5 Å². The van der Waals surface area contributed by atoms with Gasteiger partial charge in [0.1, 0.15) is 11.5 Å². The van der Waals surface area contributed by atoms with E-state index in [1.54, 1.807) is 14.2 Å². The first kappa shape index (κ1) is 38.4. The van der Waals surface area contributed by atoms with Crippen LogP contribution in [0.3, 0.4) is 0 Å². The molecule has 4 aromatic rings. The molecule has 2 aliphatic heterocycles. The molecular weight excluding hydrogens is 681 g/mol. The molecule has 0 saturated carbocycles. The molecule has 6 rings (SSSR count). The maximum atomic E-state index is 13.5. The van der Waals surface area contributed by atoms with E-state index in [-0.39, 0.29) is 0 Å². The Morgan fingerprint density at radius 1 is 0.630 bits per heavy atom. The summed E-state index contributed by atoms with van der Waals surface area (Å²) in [6.45, 7) is 8.55. The van der Waals surface area contributed by atoms with Crippen LogP contribution in [0, 0.1) is 11.8 Å². The van der Waals surface area contributed by atoms with E-state index in [0.717, 1.165) is 62.3 Å². The number of anilines is 2. The fourth-order valence-electron chi connectivity index (χ4n) is 7.26. The van der Waals surface area contributed by atoms with Gasteiger partial charge in [-0.25, -0.2) is 9.59 Å². The Labute approximate surface area is 319 Å². The van der Waals surface area contributed by atoms with Gasteiger partial charge in [-0.3, -0.25) is 10.6 Å². The summed E-state index contributed by atoms with van der Waals surface area (Å²) in [5.74, 6) is 0.580. The number of benzene rings is 4. The molecule has 2 fully saturated rings. The topological polar surface area (TPSA) is 102 Å². The van der Waals surface area contributed by atoms with Crippen molar-refractivity contribution in [1.29, 1.82) is 0 Å². The van der Waals surface area contributed by atoms with Gasteiger partial charge in [0, 0.05) is 73.9 Å². The number of ether oxygens (including phenoxy) is 4. The number of methoxy groups -OCH3 is 2. The van der Waals surface area contributed by atoms with Crippen LogP contribution < -0.4 is 29.9 Å². The Morgan fingerprint density at radius 2 is 1.04 bits per heavy atom. The van der Waals surface area contributed by atoms with E-state index in [0.29, 0.717) is 36.4 Å². The van der Waals surface area contributed by atoms with Crippen molar-refractivity contribution in [3.8, 4) is 11.5 Å². The Balaban J connectivity index is 1.12. The Bertz CT molecular complexity index is 1740. The minimum absolute atomic E-state index is 0.340. The fourth-order valence-corrected chi connectivity index (χ4v) is 7.26. The summed E-state index contributed by atoms with van der Waals surface area (Å²) >= 11 is 0. The third-order valence-electron chi connectivity index (χ3n) is 10.5. The molecule has 0 aromatic heterocycles. The first-order valence-electron chi connectivity index (χ1n) is 18.7. The van der Waals surface area contributed by atoms with Gasteiger partial charge in [0.2, 0.25) is 0 Å². The van der Waals surface area contributed by atoms with Gasteiger partial charge in [-0.1, -0.05) is 60.7 Å². The van der Waals surface area contributed by atoms with Crippen LogP contribution >= 0.6 is 0 Å². The molecular formula is C44H52N4O6. The quantitative estimate of drug-likeness (QED) is 0.0743. The van der Waals surface area contributed by atoms with Gasteiger partial charge in [0.15, 0.2) is 11.4 Å². The number of hydrogen-bond donors (Lipinski definition) is 2. The lowest BCUT2D eigenvalue weighted by atomic mass is 10.0. The average molecular weight is 733 g/mol. The lowest BCUT2D eigenvalue weighted by Crippen LogP contribution is -2.46. The van der Waals surface area contributed by atoms with Crippen molar-refractivity contribution in [1.82, 2.24) is 10.6 Å². The fraction of sp³-hybridized carbons (Fsp3) is 0.364. The summed E-state index contributed by atoms with van der Waals surface area (Å²) in [5, 5.41) is 7.05. The molecule has 2 heterocycles. The SMILES string of the molecule is COc1cccc([C@](C)(NCC2CCN(c3ccccc3)C2)OC(=O)/C=C/C(=O)O[C@@](C)(NCC2CCN(c3ccccc3)C2)c2cccc(OC)c2)c1. The lowest BCUT2D eigenvalue weighted by Gasteiger charge is -2.33. The number of nitrogens with one attached hydrogen (secondary N) is 2. The molecule has 0 spiro atoms. The van der Waals surface area contributed by atoms with Crippen LogP contribution in [0.2, 0.25) is 0 Å². The second kappa shape index (κ2) is 17.7. The predicted molar refractivity (Wildman–Crippen MR) is 212 cm³/mol. The van der Waals surface area contributed by atoms with Crippen LogP contribution in [0.25, 0.3) is 0 Å². The Morgan fingerprint density at radius 3 is 1.43 bits per heavy atom. The molecule has 2 unspecified atom stereocenters. The smallest absolute Gasteiger partial charge is 0.333 e. The second-order valence-corrected chi connectivity index (χ2v) is 14.3. The largest absolute Gasteiger partial charge is 0.497 e. The lowest BCUT2D eigenvalue weighted by molar-refractivity contribution is -0.160. The zero-order chi connectivity index (χ0) is 38.0. The number of nitrogens with zero attached hydrogens (tertiary/aromatic N) is 2. The monoisotopic (exact) mass is 732 g/mol. The second-order valence-electron chi connectivity index (χ2n) is 14.3. The summed E-state index contributed by atoms with van der Waals surface area (Å²) in [5.41, 5.74) is 1.43. The molecule has 4 aromatic carbocycles. The van der Waals surface area contributed by atoms with Gasteiger partial charge in [0.05, 0.1) is 14.2 Å². The van der Waals surface area contributed by atoms with Crippen LogP contribution in [0.4, 0.5) is 11.4 Å². The van der Waals surface area contributed by atoms with Crippen molar-refractivity contribution in [2.24, 2.45) is 11.8 Å². The van der Waals surface area contributed by atoms with Crippen LogP contribution in [0.15, 0.2) is 121 Å². The number of rotatable bonds is 16. The van der Waals surface area contributed by atoms with Gasteiger partial charge in [0.25, 0.3) is 0 Å². The van der Waals surface area contributed by atoms with E-state index in [4.69, 9.17) is 18.9 Å². The minimum atomic E-state index is -1.20. The van der Waals surface area contributed by atoms with Crippen molar-refractivity contribution in [2.75, 3.05) is 63.3 Å². The standard InChI is InChI=1S/C44H52N4O6/c1-43(35-13-11-19-39(27-35)51-3,45-29-33-23-25-47(31-33)37-15-7-5-8-16-37)53-41(49)21-22-42(50)54-44(2,36-14-12-20-40(28-36)52-4)46-30-34-24-26-48(32-34)38-17-9-6-10-18-38/h5-22,27-28,33-34,45-46H,23-26,29-32H2,1-4H3/b22-21+/t33?,34?,43-,44-/m1/s1. The van der Waals surface area contributed by atoms with Gasteiger partial charge in [-0.15, -0.1) is 0 Å². The first-order chi connectivity index (χ1) is 26.2. The molecule has 0 radical (unpaired) electrons. The highest BCUT2D eigenvalue weighted by molar-refractivity contribution is 5.92. The molecule has 10 nitrogen and oxygen atoms in total. The summed E-state index contributed by atoms with van der Waals surface area (Å²) in [6, 6.07) is 35.6. The first-order valence-corrected chi connectivity index (χ1v) is 18.7. The van der Waals surface area contributed by atoms with E-state index in [9.17, 15) is 9.59 Å². The van der Waals surface area contributed by atoms with E-state index in [1.807, 2.05) is 74.5 Å². The summed E-state index contributed by atoms with van der Waals surface area (Å²) in [4.78, 5) is 31.7. The molecule has 4 atom stereocenters. The highest BCUT2D eigenvalue weighted by Crippen LogP contribution is 2.31. The molecule has 54 heavy (non-hydrogen) atoms. The number of hydrogen-bond acceptors (Lipinski definition) is 10. The van der Waals surface area contributed by atoms with Gasteiger partial charge in [-0.2, -0.15) is 0 Å². The summed E-state index contributed by atoms with van der Waals surface area (Å²) < 4.78 is 23.2. The molecule has 2 saturated heterocycles. The summed E-state index contributed by atoms with van der Waals surface area (Å²) in [7, 11) is 3.20. The van der Waals surface area contributed by atoms with E-state index in [2.05, 4.69) is 69.0 Å². The van der Waals surface area contributed by atoms with Crippen LogP contribution in [0.5, 0.6) is 11.5 Å². The predicted octanol–water partition coefficient (Wildman–Crippen LogP) is 6.62. The molecule has 2 aliphatic rings. The molecule has 0 bridgehead atoms. The molecule has 10 heteroatoms. The Hall–Kier alpha value is -5.32. The third kappa shape index (κ3) is 9.80. The van der Waals surface area contributed by atoms with Gasteiger partial charge < -0.3 is 28.7 Å². The zero-order valence-corrected chi connectivity index (χ0v) is 31.7. The Kier molecular flexibility index (Phi) is 12.6. The van der Waals surface area contributed by atoms with E-state index < -0.39 is 23.4 Å². The van der Waals surface area contributed by atoms with Gasteiger partial charge >= 0.3 is 11.9 Å². The number of carbonyl (C=O) groups is 2. The number of esters is 2. The molecule has 0 amide bonds. The van der Waals surface area contributed by atoms with E-state index >= 15 is 0 Å². The van der Waals surface area contributed by atoms with Crippen LogP contribution in [-0.2, 0) is 30.5 Å².